The molecule has 0 saturated heterocycles. The van der Waals surface area contributed by atoms with E-state index in [1.54, 1.807) is 20.8 Å². The minimum Gasteiger partial charge on any atom is -0.374 e. The summed E-state index contributed by atoms with van der Waals surface area (Å²) in [4.78, 5) is 12.2. The molecule has 1 aromatic rings. The molecule has 0 aliphatic carbocycles. The van der Waals surface area contributed by atoms with Crippen LogP contribution in [0.15, 0.2) is 0 Å². The molecule has 21 heavy (non-hydrogen) atoms. The molecule has 0 saturated carbocycles. The highest BCUT2D eigenvalue weighted by Gasteiger charge is 2.12. The number of anilines is 3. The van der Waals surface area contributed by atoms with E-state index in [-0.39, 0.29) is 17.8 Å². The Kier molecular flexibility index (Phi) is 7.06. The number of rotatable bonds is 9. The molecule has 9 nitrogen and oxygen atoms in total. The summed E-state index contributed by atoms with van der Waals surface area (Å²) < 4.78 is 0. The zero-order valence-electron chi connectivity index (χ0n) is 12.5. The van der Waals surface area contributed by atoms with E-state index in [9.17, 15) is 15.3 Å². The fraction of sp³-hybridized carbons (Fsp3) is 0.750. The molecule has 1 heterocycles. The van der Waals surface area contributed by atoms with Crippen molar-refractivity contribution in [3.8, 4) is 0 Å². The van der Waals surface area contributed by atoms with Crippen LogP contribution < -0.4 is 16.0 Å². The Bertz CT molecular complexity index is 359. The number of nitrogens with zero attached hydrogens (tertiary/aromatic N) is 3. The maximum absolute atomic E-state index is 9.60. The molecular formula is C12H24N6O3. The molecule has 0 amide bonds. The van der Waals surface area contributed by atoms with E-state index in [1.165, 1.54) is 0 Å². The third-order valence-electron chi connectivity index (χ3n) is 2.68. The average molecular weight is 300 g/mol. The summed E-state index contributed by atoms with van der Waals surface area (Å²) in [6, 6.07) is 0. The van der Waals surface area contributed by atoms with Gasteiger partial charge in [0.15, 0.2) is 0 Å². The van der Waals surface area contributed by atoms with Crippen LogP contribution in [0.2, 0.25) is 0 Å². The Morgan fingerprint density at radius 2 is 0.905 bits per heavy atom. The largest absolute Gasteiger partial charge is 0.374 e. The van der Waals surface area contributed by atoms with Gasteiger partial charge in [-0.2, -0.15) is 15.0 Å². The second kappa shape index (κ2) is 8.55. The molecule has 9 heteroatoms. The highest BCUT2D eigenvalue weighted by atomic mass is 16.3. The van der Waals surface area contributed by atoms with Crippen LogP contribution >= 0.6 is 0 Å². The van der Waals surface area contributed by atoms with E-state index in [4.69, 9.17) is 0 Å². The summed E-state index contributed by atoms with van der Waals surface area (Å²) in [5.74, 6) is 0.447. The molecule has 0 aromatic carbocycles. The first kappa shape index (κ1) is 17.3. The topological polar surface area (TPSA) is 135 Å². The van der Waals surface area contributed by atoms with Crippen LogP contribution in [0.4, 0.5) is 17.8 Å². The van der Waals surface area contributed by atoms with Crippen molar-refractivity contribution in [3.05, 3.63) is 0 Å². The Hall–Kier alpha value is -1.71. The van der Waals surface area contributed by atoms with Crippen molar-refractivity contribution in [1.29, 1.82) is 0 Å². The molecule has 1 rings (SSSR count). The third kappa shape index (κ3) is 6.06. The van der Waals surface area contributed by atoms with Gasteiger partial charge in [0.1, 0.15) is 18.7 Å². The minimum atomic E-state index is -0.791. The van der Waals surface area contributed by atoms with Gasteiger partial charge in [0.05, 0.1) is 0 Å². The molecule has 3 unspecified atom stereocenters. The van der Waals surface area contributed by atoms with Crippen molar-refractivity contribution in [3.63, 3.8) is 0 Å². The summed E-state index contributed by atoms with van der Waals surface area (Å²) in [6.45, 7) is 5.41. The maximum atomic E-state index is 9.60. The normalized spacial score (nSPS) is 15.1. The van der Waals surface area contributed by atoms with Gasteiger partial charge in [-0.25, -0.2) is 0 Å². The van der Waals surface area contributed by atoms with Gasteiger partial charge in [-0.1, -0.05) is 20.8 Å². The summed E-state index contributed by atoms with van der Waals surface area (Å²) >= 11 is 0. The van der Waals surface area contributed by atoms with Gasteiger partial charge >= 0.3 is 0 Å². The molecule has 0 aliphatic heterocycles. The number of nitrogens with one attached hydrogen (secondary N) is 3. The van der Waals surface area contributed by atoms with Crippen molar-refractivity contribution in [1.82, 2.24) is 15.0 Å². The quantitative estimate of drug-likeness (QED) is 0.356. The molecule has 6 N–H and O–H groups in total. The SMILES string of the molecule is CCC(O)Nc1nc(NC(O)CC)nc(NC(O)CC)n1. The first-order chi connectivity index (χ1) is 9.98. The number of aromatic nitrogens is 3. The van der Waals surface area contributed by atoms with Crippen molar-refractivity contribution >= 4 is 17.8 Å². The lowest BCUT2D eigenvalue weighted by Crippen LogP contribution is -2.25. The molecular weight excluding hydrogens is 276 g/mol. The highest BCUT2D eigenvalue weighted by molar-refractivity contribution is 5.42. The van der Waals surface area contributed by atoms with Gasteiger partial charge in [0.25, 0.3) is 0 Å². The lowest BCUT2D eigenvalue weighted by molar-refractivity contribution is 0.196. The first-order valence-corrected chi connectivity index (χ1v) is 7.08. The fourth-order valence-electron chi connectivity index (χ4n) is 1.32. The monoisotopic (exact) mass is 300 g/mol. The van der Waals surface area contributed by atoms with Crippen molar-refractivity contribution in [2.24, 2.45) is 0 Å². The van der Waals surface area contributed by atoms with Gasteiger partial charge in [0.2, 0.25) is 17.8 Å². The van der Waals surface area contributed by atoms with Crippen molar-refractivity contribution in [2.45, 2.75) is 58.7 Å². The predicted octanol–water partition coefficient (Wildman–Crippen LogP) is 0.292. The number of hydrogen-bond donors (Lipinski definition) is 6. The first-order valence-electron chi connectivity index (χ1n) is 7.08. The van der Waals surface area contributed by atoms with Crippen LogP contribution in [0.5, 0.6) is 0 Å². The molecule has 0 spiro atoms. The van der Waals surface area contributed by atoms with Crippen LogP contribution in [0.3, 0.4) is 0 Å². The van der Waals surface area contributed by atoms with Gasteiger partial charge in [-0.3, -0.25) is 0 Å². The number of aliphatic hydroxyl groups is 3. The summed E-state index contributed by atoms with van der Waals surface area (Å²) in [5, 5.41) is 36.9. The molecule has 120 valence electrons. The smallest absolute Gasteiger partial charge is 0.231 e. The molecule has 0 fully saturated rings. The summed E-state index contributed by atoms with van der Waals surface area (Å²) in [7, 11) is 0. The molecule has 1 aromatic heterocycles. The predicted molar refractivity (Wildman–Crippen MR) is 79.6 cm³/mol. The van der Waals surface area contributed by atoms with E-state index in [1.807, 2.05) is 0 Å². The third-order valence-corrected chi connectivity index (χ3v) is 2.68. The van der Waals surface area contributed by atoms with Crippen molar-refractivity contribution in [2.75, 3.05) is 16.0 Å². The van der Waals surface area contributed by atoms with Crippen LogP contribution in [-0.2, 0) is 0 Å². The van der Waals surface area contributed by atoms with E-state index in [0.29, 0.717) is 19.3 Å². The second-order valence-corrected chi connectivity index (χ2v) is 4.51. The second-order valence-electron chi connectivity index (χ2n) is 4.51. The Labute approximate surface area is 123 Å². The van der Waals surface area contributed by atoms with Crippen LogP contribution in [0, 0.1) is 0 Å². The Morgan fingerprint density at radius 3 is 1.10 bits per heavy atom. The lowest BCUT2D eigenvalue weighted by atomic mass is 10.4. The van der Waals surface area contributed by atoms with E-state index >= 15 is 0 Å². The number of hydrogen-bond acceptors (Lipinski definition) is 9. The zero-order chi connectivity index (χ0) is 15.8. The van der Waals surface area contributed by atoms with Gasteiger partial charge < -0.3 is 31.3 Å². The zero-order valence-corrected chi connectivity index (χ0v) is 12.5. The molecule has 0 aliphatic rings. The molecule has 0 bridgehead atoms. The Balaban J connectivity index is 2.95. The van der Waals surface area contributed by atoms with Crippen LogP contribution in [0.25, 0.3) is 0 Å². The van der Waals surface area contributed by atoms with Gasteiger partial charge in [-0.05, 0) is 19.3 Å². The van der Waals surface area contributed by atoms with E-state index in [0.717, 1.165) is 0 Å². The maximum Gasteiger partial charge on any atom is 0.231 e. The van der Waals surface area contributed by atoms with Gasteiger partial charge in [-0.15, -0.1) is 0 Å². The van der Waals surface area contributed by atoms with Crippen molar-refractivity contribution < 1.29 is 15.3 Å². The molecule has 0 radical (unpaired) electrons. The fourth-order valence-corrected chi connectivity index (χ4v) is 1.32. The molecule has 3 atom stereocenters. The standard InChI is InChI=1S/C12H24N6O3/c1-4-7(19)13-10-16-11(14-8(20)5-2)18-12(17-10)15-9(21)6-3/h7-9,19-21H,4-6H2,1-3H3,(H3,13,14,15,16,17,18). The average Bonchev–Trinajstić information content (AvgIpc) is 2.46. The van der Waals surface area contributed by atoms with Gasteiger partial charge in [0, 0.05) is 0 Å². The van der Waals surface area contributed by atoms with Crippen LogP contribution in [-0.4, -0.2) is 49.0 Å². The summed E-state index contributed by atoms with van der Waals surface area (Å²) in [5.41, 5.74) is 0. The Morgan fingerprint density at radius 1 is 0.667 bits per heavy atom. The lowest BCUT2D eigenvalue weighted by Gasteiger charge is -2.16. The summed E-state index contributed by atoms with van der Waals surface area (Å²) in [6.07, 6.45) is -0.939. The van der Waals surface area contributed by atoms with E-state index < -0.39 is 18.7 Å². The minimum absolute atomic E-state index is 0.149. The van der Waals surface area contributed by atoms with Crippen LogP contribution in [0.1, 0.15) is 40.0 Å². The number of aliphatic hydroxyl groups excluding tert-OH is 3. The highest BCUT2D eigenvalue weighted by Crippen LogP contribution is 2.12. The van der Waals surface area contributed by atoms with E-state index in [2.05, 4.69) is 30.9 Å².